The van der Waals surface area contributed by atoms with Crippen molar-refractivity contribution < 1.29 is 14.3 Å². The number of rotatable bonds is 4. The number of nitrogen functional groups attached to an aromatic ring is 1. The molecule has 0 bridgehead atoms. The number of nitrogens with one attached hydrogen (secondary N) is 1. The van der Waals surface area contributed by atoms with Gasteiger partial charge in [0.05, 0.1) is 14.2 Å². The largest absolute Gasteiger partial charge is 0.493 e. The first-order valence-corrected chi connectivity index (χ1v) is 10.9. The number of hydrogen-bond acceptors (Lipinski definition) is 7. The molecule has 33 heavy (non-hydrogen) atoms. The third-order valence-corrected chi connectivity index (χ3v) is 6.66. The molecule has 1 aliphatic carbocycles. The highest BCUT2D eigenvalue weighted by atomic mass is 16.5. The Bertz CT molecular complexity index is 1290. The zero-order valence-electron chi connectivity index (χ0n) is 19.2. The molecule has 0 amide bonds. The van der Waals surface area contributed by atoms with E-state index in [1.165, 1.54) is 5.56 Å². The fourth-order valence-electron chi connectivity index (χ4n) is 4.81. The van der Waals surface area contributed by atoms with Crippen LogP contribution in [0.1, 0.15) is 47.1 Å². The van der Waals surface area contributed by atoms with Crippen LogP contribution in [0.4, 0.5) is 11.9 Å². The van der Waals surface area contributed by atoms with E-state index in [2.05, 4.69) is 47.4 Å². The molecule has 2 atom stereocenters. The lowest BCUT2D eigenvalue weighted by molar-refractivity contribution is -0.116. The highest BCUT2D eigenvalue weighted by Crippen LogP contribution is 2.45. The number of ether oxygens (including phenoxy) is 2. The molecule has 5 rings (SSSR count). The number of allylic oxidation sites excluding steroid dienone is 2. The van der Waals surface area contributed by atoms with Crippen LogP contribution in [0.25, 0.3) is 0 Å². The zero-order valence-corrected chi connectivity index (χ0v) is 19.2. The number of carbonyl (C=O) groups excluding carboxylic acids is 1. The molecule has 2 aromatic carbocycles. The lowest BCUT2D eigenvalue weighted by Crippen LogP contribution is -2.33. The van der Waals surface area contributed by atoms with Gasteiger partial charge in [-0.05, 0) is 60.6 Å². The molecule has 8 heteroatoms. The van der Waals surface area contributed by atoms with E-state index in [1.54, 1.807) is 18.9 Å². The van der Waals surface area contributed by atoms with E-state index < -0.39 is 0 Å². The van der Waals surface area contributed by atoms with Crippen molar-refractivity contribution in [3.8, 4) is 11.5 Å². The van der Waals surface area contributed by atoms with Crippen LogP contribution >= 0.6 is 0 Å². The van der Waals surface area contributed by atoms with E-state index in [9.17, 15) is 4.79 Å². The van der Waals surface area contributed by atoms with Crippen molar-refractivity contribution >= 4 is 17.7 Å². The molecule has 2 heterocycles. The second-order valence-electron chi connectivity index (χ2n) is 8.64. The number of nitrogens with zero attached hydrogens (tertiary/aromatic N) is 3. The number of Topliss-reactive ketones (excluding diaryl/α,β-unsaturated/α-hetero) is 1. The zero-order chi connectivity index (χ0) is 23.3. The molecular weight excluding hydrogens is 418 g/mol. The van der Waals surface area contributed by atoms with Crippen LogP contribution in [-0.2, 0) is 4.79 Å². The minimum Gasteiger partial charge on any atom is -0.493 e. The Balaban J connectivity index is 1.58. The monoisotopic (exact) mass is 445 g/mol. The molecule has 0 spiro atoms. The number of nitrogens with two attached hydrogens (primary N) is 1. The number of methoxy groups -OCH3 is 2. The van der Waals surface area contributed by atoms with E-state index in [-0.39, 0.29) is 23.7 Å². The lowest BCUT2D eigenvalue weighted by Gasteiger charge is -2.35. The van der Waals surface area contributed by atoms with Gasteiger partial charge >= 0.3 is 0 Å². The third-order valence-electron chi connectivity index (χ3n) is 6.66. The smallest absolute Gasteiger partial charge is 0.241 e. The number of fused-ring (bicyclic) bond motifs is 1. The van der Waals surface area contributed by atoms with Crippen LogP contribution in [-0.4, -0.2) is 34.8 Å². The number of benzene rings is 2. The molecule has 1 aliphatic heterocycles. The summed E-state index contributed by atoms with van der Waals surface area (Å²) < 4.78 is 12.6. The van der Waals surface area contributed by atoms with Gasteiger partial charge in [-0.25, -0.2) is 4.68 Å². The van der Waals surface area contributed by atoms with Crippen LogP contribution < -0.4 is 20.5 Å². The van der Waals surface area contributed by atoms with Gasteiger partial charge in [0.2, 0.25) is 11.9 Å². The van der Waals surface area contributed by atoms with Gasteiger partial charge in [-0.3, -0.25) is 4.79 Å². The Labute approximate surface area is 192 Å². The Morgan fingerprint density at radius 1 is 1.00 bits per heavy atom. The molecule has 0 unspecified atom stereocenters. The molecule has 3 aromatic rings. The van der Waals surface area contributed by atoms with Crippen LogP contribution in [0.3, 0.4) is 0 Å². The van der Waals surface area contributed by atoms with Crippen molar-refractivity contribution in [3.05, 3.63) is 69.9 Å². The molecule has 170 valence electrons. The van der Waals surface area contributed by atoms with Crippen LogP contribution in [0.15, 0.2) is 47.7 Å². The fraction of sp³-hybridized carbons (Fsp3) is 0.320. The average Bonchev–Trinajstić information content (AvgIpc) is 3.18. The van der Waals surface area contributed by atoms with Crippen molar-refractivity contribution in [2.45, 2.75) is 38.6 Å². The highest BCUT2D eigenvalue weighted by Gasteiger charge is 2.39. The second-order valence-corrected chi connectivity index (χ2v) is 8.64. The third kappa shape index (κ3) is 3.51. The molecule has 0 saturated heterocycles. The standard InChI is InChI=1S/C25H27N5O3/c1-13-5-6-16(9-14(13)2)23-22-18(27-25-28-24(26)29-30(23)25)10-17(11-19(22)31)15-7-8-20(32-3)21(12-15)33-4/h5-9,12,17,23H,10-11H2,1-4H3,(H3,26,27,28,29)/t17-,23+/m1/s1. The molecule has 8 nitrogen and oxygen atoms in total. The number of ketones is 1. The fourth-order valence-corrected chi connectivity index (χ4v) is 4.81. The lowest BCUT2D eigenvalue weighted by atomic mass is 9.77. The minimum absolute atomic E-state index is 0.00998. The SMILES string of the molecule is COc1ccc([C@H]2CC(=O)C3=C(C2)Nc2nc(N)nn2[C@H]3c2ccc(C)c(C)c2)cc1OC. The van der Waals surface area contributed by atoms with Gasteiger partial charge in [0.15, 0.2) is 17.3 Å². The maximum Gasteiger partial charge on any atom is 0.241 e. The summed E-state index contributed by atoms with van der Waals surface area (Å²) in [5, 5.41) is 7.75. The van der Waals surface area contributed by atoms with Crippen molar-refractivity contribution in [1.82, 2.24) is 14.8 Å². The van der Waals surface area contributed by atoms with E-state index >= 15 is 0 Å². The van der Waals surface area contributed by atoms with Gasteiger partial charge in [-0.1, -0.05) is 24.3 Å². The van der Waals surface area contributed by atoms with Crippen LogP contribution in [0, 0.1) is 13.8 Å². The number of aromatic nitrogens is 3. The van der Waals surface area contributed by atoms with Crippen molar-refractivity contribution in [1.29, 1.82) is 0 Å². The Kier molecular flexibility index (Phi) is 5.08. The summed E-state index contributed by atoms with van der Waals surface area (Å²) in [4.78, 5) is 18.0. The molecule has 1 aromatic heterocycles. The number of carbonyl (C=O) groups is 1. The molecule has 0 fully saturated rings. The van der Waals surface area contributed by atoms with E-state index in [0.717, 1.165) is 28.0 Å². The normalized spacial score (nSPS) is 19.6. The second kappa shape index (κ2) is 7.95. The quantitative estimate of drug-likeness (QED) is 0.627. The van der Waals surface area contributed by atoms with Gasteiger partial charge in [0, 0.05) is 17.7 Å². The summed E-state index contributed by atoms with van der Waals surface area (Å²) in [6.45, 7) is 4.15. The summed E-state index contributed by atoms with van der Waals surface area (Å²) in [6, 6.07) is 11.7. The topological polar surface area (TPSA) is 104 Å². The van der Waals surface area contributed by atoms with Gasteiger partial charge < -0.3 is 20.5 Å². The Hall–Kier alpha value is -3.81. The van der Waals surface area contributed by atoms with Gasteiger partial charge in [0.25, 0.3) is 0 Å². The van der Waals surface area contributed by atoms with Crippen molar-refractivity contribution in [2.24, 2.45) is 0 Å². The van der Waals surface area contributed by atoms with E-state index in [0.29, 0.717) is 30.3 Å². The molecule has 0 saturated carbocycles. The Morgan fingerprint density at radius 2 is 1.76 bits per heavy atom. The van der Waals surface area contributed by atoms with Crippen molar-refractivity contribution in [3.63, 3.8) is 0 Å². The van der Waals surface area contributed by atoms with Crippen LogP contribution in [0.5, 0.6) is 11.5 Å². The maximum atomic E-state index is 13.6. The minimum atomic E-state index is -0.362. The number of anilines is 2. The van der Waals surface area contributed by atoms with Gasteiger partial charge in [-0.15, -0.1) is 5.10 Å². The van der Waals surface area contributed by atoms with Crippen molar-refractivity contribution in [2.75, 3.05) is 25.3 Å². The maximum absolute atomic E-state index is 13.6. The first-order chi connectivity index (χ1) is 15.9. The highest BCUT2D eigenvalue weighted by molar-refractivity contribution is 6.00. The van der Waals surface area contributed by atoms with E-state index in [1.807, 2.05) is 18.2 Å². The molecule has 2 aliphatic rings. The van der Waals surface area contributed by atoms with E-state index in [4.69, 9.17) is 15.2 Å². The predicted molar refractivity (Wildman–Crippen MR) is 126 cm³/mol. The predicted octanol–water partition coefficient (Wildman–Crippen LogP) is 3.91. The number of aryl methyl sites for hydroxylation is 2. The van der Waals surface area contributed by atoms with Gasteiger partial charge in [-0.2, -0.15) is 4.98 Å². The first kappa shape index (κ1) is 21.1. The summed E-state index contributed by atoms with van der Waals surface area (Å²) >= 11 is 0. The summed E-state index contributed by atoms with van der Waals surface area (Å²) in [6.07, 6.45) is 1.07. The average molecular weight is 446 g/mol. The van der Waals surface area contributed by atoms with Crippen LogP contribution in [0.2, 0.25) is 0 Å². The Morgan fingerprint density at radius 3 is 2.48 bits per heavy atom. The molecule has 0 radical (unpaired) electrons. The van der Waals surface area contributed by atoms with Gasteiger partial charge in [0.1, 0.15) is 6.04 Å². The first-order valence-electron chi connectivity index (χ1n) is 10.9. The molecule has 3 N–H and O–H groups in total. The molecular formula is C25H27N5O3. The summed E-state index contributed by atoms with van der Waals surface area (Å²) in [7, 11) is 3.22. The number of hydrogen-bond donors (Lipinski definition) is 2. The summed E-state index contributed by atoms with van der Waals surface area (Å²) in [5.74, 6) is 2.14. The summed E-state index contributed by atoms with van der Waals surface area (Å²) in [5.41, 5.74) is 11.9.